The van der Waals surface area contributed by atoms with Crippen molar-refractivity contribution < 1.29 is 43.2 Å². The fourth-order valence-electron chi connectivity index (χ4n) is 9.95. The summed E-state index contributed by atoms with van der Waals surface area (Å²) in [6.07, 6.45) is 0.963. The van der Waals surface area contributed by atoms with Gasteiger partial charge in [0.1, 0.15) is 31.0 Å². The van der Waals surface area contributed by atoms with Crippen molar-refractivity contribution >= 4 is 40.7 Å². The molecular formula is C58H75N7O10S. The number of β-amino-alcohol motifs (C(OH)–C–C–N with tert-alkyl or cyclic N) is 1. The van der Waals surface area contributed by atoms with E-state index in [1.165, 1.54) is 4.90 Å². The van der Waals surface area contributed by atoms with Gasteiger partial charge in [-0.3, -0.25) is 24.0 Å². The van der Waals surface area contributed by atoms with Gasteiger partial charge in [-0.25, -0.2) is 4.98 Å². The second-order valence-corrected chi connectivity index (χ2v) is 21.7. The molecule has 18 heteroatoms. The van der Waals surface area contributed by atoms with Crippen LogP contribution in [0.4, 0.5) is 5.69 Å². The first-order valence-electron chi connectivity index (χ1n) is 26.3. The highest BCUT2D eigenvalue weighted by Gasteiger charge is 2.45. The smallest absolute Gasteiger partial charge is 0.253 e. The lowest BCUT2D eigenvalue weighted by molar-refractivity contribution is -0.144. The van der Waals surface area contributed by atoms with Gasteiger partial charge in [-0.05, 0) is 124 Å². The molecule has 1 unspecified atom stereocenters. The predicted octanol–water partition coefficient (Wildman–Crippen LogP) is 7.12. The second kappa shape index (κ2) is 26.1. The van der Waals surface area contributed by atoms with Crippen molar-refractivity contribution in [3.63, 3.8) is 0 Å². The van der Waals surface area contributed by atoms with Crippen LogP contribution in [-0.2, 0) is 35.1 Å². The number of hydrogen-bond acceptors (Lipinski definition) is 13. The van der Waals surface area contributed by atoms with Crippen molar-refractivity contribution in [2.24, 2.45) is 5.41 Å². The number of aryl methyl sites for hydroxylation is 3. The summed E-state index contributed by atoms with van der Waals surface area (Å²) in [5.41, 5.74) is 10.0. The molecule has 0 radical (unpaired) electrons. The summed E-state index contributed by atoms with van der Waals surface area (Å²) >= 11 is 1.57. The molecule has 2 saturated heterocycles. The molecule has 4 atom stereocenters. The van der Waals surface area contributed by atoms with Gasteiger partial charge >= 0.3 is 0 Å². The second-order valence-electron chi connectivity index (χ2n) is 20.8. The average molecular weight is 1060 g/mol. The summed E-state index contributed by atoms with van der Waals surface area (Å²) < 4.78 is 23.0. The minimum Gasteiger partial charge on any atom is -0.491 e. The van der Waals surface area contributed by atoms with Crippen LogP contribution < -0.4 is 31.1 Å². The number of aromatic nitrogens is 2. The topological polar surface area (TPSA) is 214 Å². The molecule has 2 aliphatic rings. The van der Waals surface area contributed by atoms with Crippen molar-refractivity contribution in [3.8, 4) is 27.3 Å². The molecule has 5 aromatic rings. The number of nitrogens with one attached hydrogen (secondary N) is 4. The van der Waals surface area contributed by atoms with E-state index in [9.17, 15) is 29.1 Å². The number of ether oxygens (including phenoxy) is 4. The molecule has 2 aromatic heterocycles. The van der Waals surface area contributed by atoms with Gasteiger partial charge in [0.05, 0.1) is 48.0 Å². The number of benzene rings is 3. The molecule has 5 N–H and O–H groups in total. The zero-order chi connectivity index (χ0) is 54.7. The van der Waals surface area contributed by atoms with E-state index in [0.717, 1.165) is 74.7 Å². The number of anilines is 1. The van der Waals surface area contributed by atoms with Crippen molar-refractivity contribution in [2.75, 3.05) is 64.2 Å². The lowest BCUT2D eigenvalue weighted by atomic mass is 9.85. The number of thiazole rings is 1. The zero-order valence-corrected chi connectivity index (χ0v) is 46.2. The molecule has 0 spiro atoms. The summed E-state index contributed by atoms with van der Waals surface area (Å²) in [5.74, 6) is -0.964. The van der Waals surface area contributed by atoms with Gasteiger partial charge in [0, 0.05) is 67.8 Å². The molecule has 2 aliphatic heterocycles. The predicted molar refractivity (Wildman–Crippen MR) is 295 cm³/mol. The van der Waals surface area contributed by atoms with E-state index >= 15 is 0 Å². The highest BCUT2D eigenvalue weighted by Crippen LogP contribution is 2.35. The van der Waals surface area contributed by atoms with E-state index in [1.807, 2.05) is 122 Å². The number of pyridine rings is 1. The molecule has 0 saturated carbocycles. The van der Waals surface area contributed by atoms with Crippen LogP contribution in [0.5, 0.6) is 5.75 Å². The molecule has 7 rings (SSSR count). The van der Waals surface area contributed by atoms with Crippen molar-refractivity contribution in [1.29, 1.82) is 0 Å². The number of H-pyrrole nitrogens is 1. The fraction of sp³-hybridized carbons (Fsp3) is 0.483. The lowest BCUT2D eigenvalue weighted by Crippen LogP contribution is -2.58. The van der Waals surface area contributed by atoms with Gasteiger partial charge in [-0.1, -0.05) is 57.2 Å². The first kappa shape index (κ1) is 57.3. The monoisotopic (exact) mass is 1060 g/mol. The maximum absolute atomic E-state index is 14.1. The Morgan fingerprint density at radius 3 is 2.25 bits per heavy atom. The summed E-state index contributed by atoms with van der Waals surface area (Å²) in [5, 5.41) is 19.5. The summed E-state index contributed by atoms with van der Waals surface area (Å²) in [7, 11) is 0. The Labute approximate surface area is 450 Å². The van der Waals surface area contributed by atoms with Gasteiger partial charge in [-0.2, -0.15) is 0 Å². The number of likely N-dealkylation sites (tertiary alicyclic amines) is 1. The van der Waals surface area contributed by atoms with Crippen molar-refractivity contribution in [1.82, 2.24) is 30.8 Å². The largest absolute Gasteiger partial charge is 0.491 e. The summed E-state index contributed by atoms with van der Waals surface area (Å²) in [6.45, 7) is 19.9. The Balaban J connectivity index is 0.874. The third-order valence-electron chi connectivity index (χ3n) is 14.2. The SMILES string of the molecule is CCN(c1cc(-c2ccc(OCCOCCOCC(=O)NC(C(=O)N3C[C@@H](O)C[C@@H]3C(=O)N[C@@H](C)c3ccc(-c4scnc4C)cc3)C(C)(C)C)cc2)cc(C(=O)NCc2c(C)cc(C)[nH]c2=O)c1C)C1CCOCC1. The summed E-state index contributed by atoms with van der Waals surface area (Å²) in [6, 6.07) is 19.5. The molecule has 408 valence electrons. The van der Waals surface area contributed by atoms with E-state index < -0.39 is 35.4 Å². The third kappa shape index (κ3) is 14.5. The number of aliphatic hydroxyl groups is 1. The van der Waals surface area contributed by atoms with E-state index in [2.05, 4.69) is 43.8 Å². The van der Waals surface area contributed by atoms with E-state index in [0.29, 0.717) is 30.1 Å². The first-order chi connectivity index (χ1) is 36.3. The maximum Gasteiger partial charge on any atom is 0.253 e. The number of carbonyl (C=O) groups excluding carboxylic acids is 4. The van der Waals surface area contributed by atoms with Crippen LogP contribution in [0.3, 0.4) is 0 Å². The number of aromatic amines is 1. The van der Waals surface area contributed by atoms with E-state index in [4.69, 9.17) is 18.9 Å². The van der Waals surface area contributed by atoms with Crippen LogP contribution in [0.1, 0.15) is 104 Å². The van der Waals surface area contributed by atoms with Crippen LogP contribution in [0, 0.1) is 33.1 Å². The third-order valence-corrected chi connectivity index (χ3v) is 15.2. The van der Waals surface area contributed by atoms with E-state index in [1.54, 1.807) is 11.3 Å². The van der Waals surface area contributed by atoms with Crippen molar-refractivity contribution in [3.05, 3.63) is 122 Å². The molecule has 0 aliphatic carbocycles. The number of hydrogen-bond donors (Lipinski definition) is 5. The molecule has 4 heterocycles. The molecule has 0 bridgehead atoms. The molecular weight excluding hydrogens is 987 g/mol. The van der Waals surface area contributed by atoms with E-state index in [-0.39, 0.29) is 82.0 Å². The molecule has 76 heavy (non-hydrogen) atoms. The highest BCUT2D eigenvalue weighted by molar-refractivity contribution is 7.13. The number of carbonyl (C=O) groups is 4. The van der Waals surface area contributed by atoms with Crippen LogP contribution in [0.15, 0.2) is 77.0 Å². The molecule has 4 amide bonds. The van der Waals surface area contributed by atoms with Crippen LogP contribution in [-0.4, -0.2) is 127 Å². The van der Waals surface area contributed by atoms with Gasteiger partial charge in [0.15, 0.2) is 0 Å². The molecule has 2 fully saturated rings. The number of amides is 4. The van der Waals surface area contributed by atoms with Gasteiger partial charge < -0.3 is 54.8 Å². The Morgan fingerprint density at radius 2 is 1.59 bits per heavy atom. The van der Waals surface area contributed by atoms with Gasteiger partial charge in [-0.15, -0.1) is 11.3 Å². The van der Waals surface area contributed by atoms with Crippen LogP contribution >= 0.6 is 11.3 Å². The number of aliphatic hydroxyl groups excluding tert-OH is 1. The standard InChI is InChI=1S/C58H75N7O10S/c1-10-64(44-19-21-72-22-20-44)49-29-43(28-47(37(49)4)54(68)59-31-48-35(2)27-36(3)61-55(48)69)41-15-17-46(18-16-41)75-26-25-73-23-24-74-33-51(67)63-53(58(7,8)9)57(71)65-32-45(66)30-50(65)56(70)62-38(5)40-11-13-42(14-12-40)52-39(6)60-34-76-52/h11-18,27-29,34,38,44-45,50,53,66H,10,19-26,30-33H2,1-9H3,(H,59,68)(H,61,69)(H,62,70)(H,63,67)/t38-,45-,50+,53?/m0/s1. The Hall–Kier alpha value is -6.44. The molecule has 3 aromatic carbocycles. The number of rotatable bonds is 22. The van der Waals surface area contributed by atoms with Gasteiger partial charge in [0.25, 0.3) is 11.5 Å². The highest BCUT2D eigenvalue weighted by atomic mass is 32.1. The van der Waals surface area contributed by atoms with Gasteiger partial charge in [0.2, 0.25) is 17.7 Å². The Kier molecular flexibility index (Phi) is 19.6. The zero-order valence-electron chi connectivity index (χ0n) is 45.4. The Morgan fingerprint density at radius 1 is 0.908 bits per heavy atom. The number of nitrogens with zero attached hydrogens (tertiary/aromatic N) is 3. The first-order valence-corrected chi connectivity index (χ1v) is 27.1. The summed E-state index contributed by atoms with van der Waals surface area (Å²) in [4.78, 5) is 79.7. The average Bonchev–Trinajstić information content (AvgIpc) is 4.02. The van der Waals surface area contributed by atoms with Crippen molar-refractivity contribution in [2.45, 2.75) is 118 Å². The Bertz CT molecular complexity index is 2860. The minimum absolute atomic E-state index is 0.0345. The fourth-order valence-corrected chi connectivity index (χ4v) is 10.8. The van der Waals surface area contributed by atoms with Crippen LogP contribution in [0.2, 0.25) is 0 Å². The quantitative estimate of drug-likeness (QED) is 0.0439. The normalized spacial score (nSPS) is 16.7. The van der Waals surface area contributed by atoms with Crippen LogP contribution in [0.25, 0.3) is 21.6 Å². The maximum atomic E-state index is 14.1. The lowest BCUT2D eigenvalue weighted by Gasteiger charge is -2.37. The molecule has 17 nitrogen and oxygen atoms in total. The minimum atomic E-state index is -0.994.